The Morgan fingerprint density at radius 2 is 2.00 bits per heavy atom. The van der Waals surface area contributed by atoms with E-state index < -0.39 is 18.4 Å². The maximum atomic E-state index is 10.9. The highest BCUT2D eigenvalue weighted by atomic mass is 16.5. The topological polar surface area (TPSA) is 63.6 Å². The summed E-state index contributed by atoms with van der Waals surface area (Å²) in [6, 6.07) is 0. The normalized spacial score (nSPS) is 16.1. The number of carboxylic acids is 1. The summed E-state index contributed by atoms with van der Waals surface area (Å²) in [5.74, 6) is -1.04. The van der Waals surface area contributed by atoms with Crippen LogP contribution in [0.4, 0.5) is 0 Å². The summed E-state index contributed by atoms with van der Waals surface area (Å²) in [6.45, 7) is 4.65. The quantitative estimate of drug-likeness (QED) is 0.541. The fraction of sp³-hybridized carbons (Fsp3) is 0.818. The standard InChI is InChI=1S/C11H18O4/c1-11(2,8-3-4-8)5-6-15-10(14)7-9(12)13/h8H,3-7H2,1-2H3,(H,12,13). The minimum Gasteiger partial charge on any atom is -0.481 e. The van der Waals surface area contributed by atoms with Crippen LogP contribution in [0.3, 0.4) is 0 Å². The van der Waals surface area contributed by atoms with Gasteiger partial charge in [-0.2, -0.15) is 0 Å². The fourth-order valence-corrected chi connectivity index (χ4v) is 1.67. The lowest BCUT2D eigenvalue weighted by atomic mass is 9.84. The minimum absolute atomic E-state index is 0.212. The Kier molecular flexibility index (Phi) is 3.72. The second kappa shape index (κ2) is 4.64. The molecule has 0 aliphatic heterocycles. The van der Waals surface area contributed by atoms with E-state index in [0.29, 0.717) is 6.61 Å². The molecule has 0 aromatic carbocycles. The van der Waals surface area contributed by atoms with Crippen molar-refractivity contribution in [2.75, 3.05) is 6.61 Å². The summed E-state index contributed by atoms with van der Waals surface area (Å²) >= 11 is 0. The minimum atomic E-state index is -1.14. The SMILES string of the molecule is CC(C)(CCOC(=O)CC(=O)O)C1CC1. The van der Waals surface area contributed by atoms with E-state index in [1.165, 1.54) is 12.8 Å². The van der Waals surface area contributed by atoms with Crippen molar-refractivity contribution < 1.29 is 19.4 Å². The lowest BCUT2D eigenvalue weighted by molar-refractivity contribution is -0.151. The van der Waals surface area contributed by atoms with E-state index in [9.17, 15) is 9.59 Å². The van der Waals surface area contributed by atoms with E-state index in [-0.39, 0.29) is 5.41 Å². The lowest BCUT2D eigenvalue weighted by Crippen LogP contribution is -2.19. The molecule has 4 heteroatoms. The van der Waals surface area contributed by atoms with Crippen LogP contribution in [0.1, 0.15) is 39.5 Å². The number of carbonyl (C=O) groups is 2. The van der Waals surface area contributed by atoms with Gasteiger partial charge in [-0.15, -0.1) is 0 Å². The van der Waals surface area contributed by atoms with Crippen LogP contribution in [0, 0.1) is 11.3 Å². The van der Waals surface area contributed by atoms with Gasteiger partial charge in [0.2, 0.25) is 0 Å². The van der Waals surface area contributed by atoms with Crippen LogP contribution >= 0.6 is 0 Å². The third-order valence-corrected chi connectivity index (χ3v) is 2.99. The zero-order valence-corrected chi connectivity index (χ0v) is 9.28. The molecule has 15 heavy (non-hydrogen) atoms. The highest BCUT2D eigenvalue weighted by Crippen LogP contribution is 2.47. The Hall–Kier alpha value is -1.06. The first kappa shape index (κ1) is 12.0. The van der Waals surface area contributed by atoms with E-state index in [1.54, 1.807) is 0 Å². The maximum Gasteiger partial charge on any atom is 0.317 e. The van der Waals surface area contributed by atoms with Crippen molar-refractivity contribution in [2.24, 2.45) is 11.3 Å². The summed E-state index contributed by atoms with van der Waals surface area (Å²) in [7, 11) is 0. The molecule has 1 aliphatic rings. The molecular weight excluding hydrogens is 196 g/mol. The van der Waals surface area contributed by atoms with Gasteiger partial charge >= 0.3 is 11.9 Å². The number of carbonyl (C=O) groups excluding carboxylic acids is 1. The second-order valence-corrected chi connectivity index (χ2v) is 4.80. The molecular formula is C11H18O4. The number of carboxylic acid groups (broad SMARTS) is 1. The van der Waals surface area contributed by atoms with Crippen LogP contribution < -0.4 is 0 Å². The number of ether oxygens (including phenoxy) is 1. The summed E-state index contributed by atoms with van der Waals surface area (Å²) in [6.07, 6.45) is 2.79. The molecule has 0 unspecified atom stereocenters. The highest BCUT2D eigenvalue weighted by Gasteiger charge is 2.37. The number of hydrogen-bond acceptors (Lipinski definition) is 3. The van der Waals surface area contributed by atoms with Crippen molar-refractivity contribution in [3.05, 3.63) is 0 Å². The van der Waals surface area contributed by atoms with Gasteiger partial charge in [-0.3, -0.25) is 9.59 Å². The maximum absolute atomic E-state index is 10.9. The molecule has 0 heterocycles. The van der Waals surface area contributed by atoms with Crippen LogP contribution in [-0.2, 0) is 14.3 Å². The van der Waals surface area contributed by atoms with Gasteiger partial charge in [0.15, 0.2) is 0 Å². The molecule has 0 radical (unpaired) electrons. The fourth-order valence-electron chi connectivity index (χ4n) is 1.67. The summed E-state index contributed by atoms with van der Waals surface area (Å²) in [4.78, 5) is 21.1. The molecule has 0 saturated heterocycles. The Bertz CT molecular complexity index is 253. The van der Waals surface area contributed by atoms with Crippen LogP contribution in [0.5, 0.6) is 0 Å². The second-order valence-electron chi connectivity index (χ2n) is 4.80. The lowest BCUT2D eigenvalue weighted by Gasteiger charge is -2.23. The van der Waals surface area contributed by atoms with E-state index in [2.05, 4.69) is 13.8 Å². The molecule has 0 aromatic heterocycles. The molecule has 1 rings (SSSR count). The Balaban J connectivity index is 2.15. The predicted octanol–water partition coefficient (Wildman–Crippen LogP) is 1.83. The molecule has 1 fully saturated rings. The predicted molar refractivity (Wildman–Crippen MR) is 54.3 cm³/mol. The van der Waals surface area contributed by atoms with E-state index >= 15 is 0 Å². The summed E-state index contributed by atoms with van der Waals surface area (Å²) in [5.41, 5.74) is 0.212. The average molecular weight is 214 g/mol. The summed E-state index contributed by atoms with van der Waals surface area (Å²) < 4.78 is 4.85. The summed E-state index contributed by atoms with van der Waals surface area (Å²) in [5, 5.41) is 8.34. The van der Waals surface area contributed by atoms with Gasteiger partial charge in [0.1, 0.15) is 6.42 Å². The average Bonchev–Trinajstić information content (AvgIpc) is 2.83. The van der Waals surface area contributed by atoms with E-state index in [0.717, 1.165) is 12.3 Å². The van der Waals surface area contributed by atoms with Crippen LogP contribution in [0.15, 0.2) is 0 Å². The van der Waals surface area contributed by atoms with Crippen LogP contribution in [-0.4, -0.2) is 23.7 Å². The number of esters is 1. The van der Waals surface area contributed by atoms with Crippen LogP contribution in [0.25, 0.3) is 0 Å². The molecule has 0 aromatic rings. The smallest absolute Gasteiger partial charge is 0.317 e. The van der Waals surface area contributed by atoms with Crippen molar-refractivity contribution in [1.82, 2.24) is 0 Å². The molecule has 1 N–H and O–H groups in total. The van der Waals surface area contributed by atoms with Gasteiger partial charge in [0.25, 0.3) is 0 Å². The number of rotatable bonds is 6. The van der Waals surface area contributed by atoms with Gasteiger partial charge in [0, 0.05) is 0 Å². The van der Waals surface area contributed by atoms with Crippen molar-refractivity contribution in [3.63, 3.8) is 0 Å². The molecule has 86 valence electrons. The zero-order chi connectivity index (χ0) is 11.5. The highest BCUT2D eigenvalue weighted by molar-refractivity contribution is 5.90. The monoisotopic (exact) mass is 214 g/mol. The largest absolute Gasteiger partial charge is 0.481 e. The van der Waals surface area contributed by atoms with Gasteiger partial charge < -0.3 is 9.84 Å². The van der Waals surface area contributed by atoms with Crippen molar-refractivity contribution in [2.45, 2.75) is 39.5 Å². The van der Waals surface area contributed by atoms with Crippen molar-refractivity contribution in [1.29, 1.82) is 0 Å². The van der Waals surface area contributed by atoms with Crippen molar-refractivity contribution >= 4 is 11.9 Å². The van der Waals surface area contributed by atoms with Crippen molar-refractivity contribution in [3.8, 4) is 0 Å². The zero-order valence-electron chi connectivity index (χ0n) is 9.28. The molecule has 1 saturated carbocycles. The third kappa shape index (κ3) is 4.32. The van der Waals surface area contributed by atoms with Gasteiger partial charge in [-0.25, -0.2) is 0 Å². The van der Waals surface area contributed by atoms with E-state index in [4.69, 9.17) is 9.84 Å². The van der Waals surface area contributed by atoms with Crippen LogP contribution in [0.2, 0.25) is 0 Å². The molecule has 4 nitrogen and oxygen atoms in total. The first-order chi connectivity index (χ1) is 6.92. The molecule has 0 atom stereocenters. The molecule has 0 bridgehead atoms. The Labute approximate surface area is 89.6 Å². The third-order valence-electron chi connectivity index (χ3n) is 2.99. The molecule has 1 aliphatic carbocycles. The number of aliphatic carboxylic acids is 1. The molecule has 0 spiro atoms. The number of hydrogen-bond donors (Lipinski definition) is 1. The van der Waals surface area contributed by atoms with Gasteiger partial charge in [-0.05, 0) is 30.6 Å². The molecule has 0 amide bonds. The first-order valence-corrected chi connectivity index (χ1v) is 5.29. The van der Waals surface area contributed by atoms with Gasteiger partial charge in [0.05, 0.1) is 6.61 Å². The first-order valence-electron chi connectivity index (χ1n) is 5.29. The van der Waals surface area contributed by atoms with E-state index in [1.807, 2.05) is 0 Å². The Morgan fingerprint density at radius 3 is 2.47 bits per heavy atom. The van der Waals surface area contributed by atoms with Gasteiger partial charge in [-0.1, -0.05) is 13.8 Å². The Morgan fingerprint density at radius 1 is 1.40 bits per heavy atom.